The number of hydrogen-bond acceptors (Lipinski definition) is 3. The molecule has 3 nitrogen and oxygen atoms in total. The molecule has 0 N–H and O–H groups in total. The summed E-state index contributed by atoms with van der Waals surface area (Å²) in [7, 11) is -2.94. The van der Waals surface area contributed by atoms with Gasteiger partial charge in [-0.25, -0.2) is 8.42 Å². The van der Waals surface area contributed by atoms with E-state index in [1.807, 2.05) is 18.3 Å². The first kappa shape index (κ1) is 19.4. The smallest absolute Gasteiger partial charge is 0.152 e. The third kappa shape index (κ3) is 3.93. The van der Waals surface area contributed by atoms with Crippen molar-refractivity contribution in [3.8, 4) is 11.3 Å². The molecule has 148 valence electrons. The molecule has 2 aliphatic rings. The van der Waals surface area contributed by atoms with Gasteiger partial charge in [0.05, 0.1) is 16.7 Å². The second-order valence-corrected chi connectivity index (χ2v) is 11.2. The van der Waals surface area contributed by atoms with E-state index in [9.17, 15) is 8.42 Å². The summed E-state index contributed by atoms with van der Waals surface area (Å²) in [6, 6.07) is 12.6. The van der Waals surface area contributed by atoms with Crippen LogP contribution in [0.3, 0.4) is 0 Å². The molecule has 0 amide bonds. The molecule has 0 bridgehead atoms. The second kappa shape index (κ2) is 7.82. The summed E-state index contributed by atoms with van der Waals surface area (Å²) < 4.78 is 24.5. The highest BCUT2D eigenvalue weighted by Gasteiger charge is 2.30. The van der Waals surface area contributed by atoms with Crippen LogP contribution in [-0.2, 0) is 16.3 Å². The minimum atomic E-state index is -2.94. The van der Waals surface area contributed by atoms with Crippen molar-refractivity contribution in [2.24, 2.45) is 11.8 Å². The second-order valence-electron chi connectivity index (χ2n) is 8.59. The van der Waals surface area contributed by atoms with E-state index in [2.05, 4.69) is 35.3 Å². The number of fused-ring (bicyclic) bond motifs is 1. The SMILES string of the molecule is CC(C)S(=O)(=O)CC1CCC(C2=Cc3c(cccc3-c3ccccn3)C2)CC1. The maximum Gasteiger partial charge on any atom is 0.152 e. The van der Waals surface area contributed by atoms with E-state index in [4.69, 9.17) is 0 Å². The molecule has 0 spiro atoms. The summed E-state index contributed by atoms with van der Waals surface area (Å²) in [5.74, 6) is 1.28. The van der Waals surface area contributed by atoms with Crippen molar-refractivity contribution in [2.45, 2.75) is 51.2 Å². The Morgan fingerprint density at radius 2 is 1.82 bits per heavy atom. The van der Waals surface area contributed by atoms with Crippen molar-refractivity contribution in [3.63, 3.8) is 0 Å². The fourth-order valence-electron chi connectivity index (χ4n) is 4.62. The number of benzene rings is 1. The van der Waals surface area contributed by atoms with Crippen molar-refractivity contribution < 1.29 is 8.42 Å². The van der Waals surface area contributed by atoms with Gasteiger partial charge in [0.25, 0.3) is 0 Å². The van der Waals surface area contributed by atoms with Crippen LogP contribution < -0.4 is 0 Å². The molecule has 2 aromatic rings. The van der Waals surface area contributed by atoms with Gasteiger partial charge in [0.2, 0.25) is 0 Å². The van der Waals surface area contributed by atoms with Gasteiger partial charge in [-0.1, -0.05) is 35.9 Å². The Morgan fingerprint density at radius 3 is 2.50 bits per heavy atom. The summed E-state index contributed by atoms with van der Waals surface area (Å²) in [5.41, 5.74) is 6.47. The van der Waals surface area contributed by atoms with Gasteiger partial charge in [0.15, 0.2) is 9.84 Å². The lowest BCUT2D eigenvalue weighted by Crippen LogP contribution is -2.27. The van der Waals surface area contributed by atoms with Crippen LogP contribution in [0.1, 0.15) is 50.7 Å². The highest BCUT2D eigenvalue weighted by Crippen LogP contribution is 2.41. The lowest BCUT2D eigenvalue weighted by Gasteiger charge is -2.29. The molecule has 0 unspecified atom stereocenters. The first-order valence-corrected chi connectivity index (χ1v) is 12.1. The minimum Gasteiger partial charge on any atom is -0.256 e. The van der Waals surface area contributed by atoms with Crippen molar-refractivity contribution >= 4 is 15.9 Å². The molecule has 4 rings (SSSR count). The number of pyridine rings is 1. The Kier molecular flexibility index (Phi) is 5.42. The summed E-state index contributed by atoms with van der Waals surface area (Å²) in [5, 5.41) is -0.262. The molecular formula is C24H29NO2S. The number of rotatable bonds is 5. The third-order valence-corrected chi connectivity index (χ3v) is 8.79. The Bertz CT molecular complexity index is 969. The third-order valence-electron chi connectivity index (χ3n) is 6.42. The summed E-state index contributed by atoms with van der Waals surface area (Å²) in [6.45, 7) is 3.58. The Balaban J connectivity index is 1.47. The molecule has 1 heterocycles. The standard InChI is InChI=1S/C24H29NO2S/c1-17(2)28(26,27)16-18-9-11-19(12-10-18)21-14-20-6-5-7-22(23(20)15-21)24-8-3-4-13-25-24/h3-8,13,15,17-19H,9-12,14,16H2,1-2H3. The number of aromatic nitrogens is 1. The predicted octanol–water partition coefficient (Wildman–Crippen LogP) is 5.32. The van der Waals surface area contributed by atoms with Crippen molar-refractivity contribution in [2.75, 3.05) is 5.75 Å². The summed E-state index contributed by atoms with van der Waals surface area (Å²) >= 11 is 0. The first-order chi connectivity index (χ1) is 13.4. The Hall–Kier alpha value is -1.94. The zero-order valence-corrected chi connectivity index (χ0v) is 17.6. The van der Waals surface area contributed by atoms with Crippen molar-refractivity contribution in [3.05, 3.63) is 59.3 Å². The van der Waals surface area contributed by atoms with Gasteiger partial charge in [-0.15, -0.1) is 0 Å². The van der Waals surface area contributed by atoms with Crippen LogP contribution in [0.25, 0.3) is 17.3 Å². The molecule has 4 heteroatoms. The molecule has 0 saturated heterocycles. The topological polar surface area (TPSA) is 47.0 Å². The molecule has 28 heavy (non-hydrogen) atoms. The number of allylic oxidation sites excluding steroid dienone is 1. The highest BCUT2D eigenvalue weighted by molar-refractivity contribution is 7.91. The Labute approximate surface area is 168 Å². The molecule has 2 aliphatic carbocycles. The highest BCUT2D eigenvalue weighted by atomic mass is 32.2. The lowest BCUT2D eigenvalue weighted by molar-refractivity contribution is 0.320. The van der Waals surface area contributed by atoms with Gasteiger partial charge < -0.3 is 0 Å². The van der Waals surface area contributed by atoms with E-state index >= 15 is 0 Å². The zero-order valence-electron chi connectivity index (χ0n) is 16.8. The molecule has 0 atom stereocenters. The van der Waals surface area contributed by atoms with Crippen molar-refractivity contribution in [1.82, 2.24) is 4.98 Å². The molecule has 1 fully saturated rings. The van der Waals surface area contributed by atoms with E-state index < -0.39 is 9.84 Å². The molecule has 1 aromatic heterocycles. The van der Waals surface area contributed by atoms with Gasteiger partial charge in [-0.2, -0.15) is 0 Å². The first-order valence-electron chi connectivity index (χ1n) is 10.4. The van der Waals surface area contributed by atoms with Gasteiger partial charge in [0.1, 0.15) is 0 Å². The monoisotopic (exact) mass is 395 g/mol. The quantitative estimate of drug-likeness (QED) is 0.688. The van der Waals surface area contributed by atoms with Crippen LogP contribution in [0.2, 0.25) is 0 Å². The van der Waals surface area contributed by atoms with E-state index in [0.717, 1.165) is 37.8 Å². The lowest BCUT2D eigenvalue weighted by atomic mass is 9.78. The average Bonchev–Trinajstić information content (AvgIpc) is 3.13. The fraction of sp³-hybridized carbons (Fsp3) is 0.458. The van der Waals surface area contributed by atoms with Crippen LogP contribution in [0.4, 0.5) is 0 Å². The van der Waals surface area contributed by atoms with E-state index in [1.165, 1.54) is 22.3 Å². The van der Waals surface area contributed by atoms with E-state index in [0.29, 0.717) is 17.6 Å². The van der Waals surface area contributed by atoms with Crippen molar-refractivity contribution in [1.29, 1.82) is 0 Å². The number of sulfone groups is 1. The van der Waals surface area contributed by atoms with Crippen LogP contribution in [0, 0.1) is 11.8 Å². The van der Waals surface area contributed by atoms with E-state index in [1.54, 1.807) is 13.8 Å². The Morgan fingerprint density at radius 1 is 1.04 bits per heavy atom. The molecule has 0 radical (unpaired) electrons. The number of nitrogens with zero attached hydrogens (tertiary/aromatic N) is 1. The van der Waals surface area contributed by atoms with Gasteiger partial charge in [0, 0.05) is 11.8 Å². The molecule has 0 aliphatic heterocycles. The number of hydrogen-bond donors (Lipinski definition) is 0. The maximum absolute atomic E-state index is 12.2. The predicted molar refractivity (Wildman–Crippen MR) is 116 cm³/mol. The molecule has 1 saturated carbocycles. The van der Waals surface area contributed by atoms with Gasteiger partial charge in [-0.05, 0) is 81.0 Å². The maximum atomic E-state index is 12.2. The fourth-order valence-corrected chi connectivity index (χ4v) is 6.00. The van der Waals surface area contributed by atoms with Crippen LogP contribution in [0.15, 0.2) is 48.2 Å². The average molecular weight is 396 g/mol. The van der Waals surface area contributed by atoms with Crippen LogP contribution >= 0.6 is 0 Å². The largest absolute Gasteiger partial charge is 0.256 e. The summed E-state index contributed by atoms with van der Waals surface area (Å²) in [6.07, 6.45) is 9.52. The van der Waals surface area contributed by atoms with Crippen LogP contribution in [0.5, 0.6) is 0 Å². The molecule has 1 aromatic carbocycles. The van der Waals surface area contributed by atoms with Gasteiger partial charge >= 0.3 is 0 Å². The zero-order chi connectivity index (χ0) is 19.7. The van der Waals surface area contributed by atoms with Gasteiger partial charge in [-0.3, -0.25) is 4.98 Å². The van der Waals surface area contributed by atoms with Crippen LogP contribution in [-0.4, -0.2) is 24.4 Å². The minimum absolute atomic E-state index is 0.262. The molecular weight excluding hydrogens is 366 g/mol. The van der Waals surface area contributed by atoms with E-state index in [-0.39, 0.29) is 5.25 Å². The normalized spacial score (nSPS) is 22.2. The summed E-state index contributed by atoms with van der Waals surface area (Å²) in [4.78, 5) is 4.54.